The second-order valence-electron chi connectivity index (χ2n) is 6.51. The number of hydrogen-bond donors (Lipinski definition) is 2. The Morgan fingerprint density at radius 2 is 2.17 bits per heavy atom. The number of carbonyl (C=O) groups is 1. The largest absolute Gasteiger partial charge is 0.370 e. The standard InChI is InChI=1S/C18H25N5O/c1-22(2)18(24)10-16(15-6-4-3-5-7-15)19-11-14-12-20-17-8-9-21-23(17)13-14/h3-9,14,16,19-20H,10-13H2,1-2H3/t14-,16-/m1/s1. The van der Waals surface area contributed by atoms with Crippen molar-refractivity contribution in [2.24, 2.45) is 5.92 Å². The van der Waals surface area contributed by atoms with Crippen LogP contribution >= 0.6 is 0 Å². The Labute approximate surface area is 142 Å². The molecule has 24 heavy (non-hydrogen) atoms. The Morgan fingerprint density at radius 1 is 1.38 bits per heavy atom. The predicted octanol–water partition coefficient (Wildman–Crippen LogP) is 1.73. The molecule has 0 bridgehead atoms. The molecule has 0 spiro atoms. The Bertz CT molecular complexity index is 667. The summed E-state index contributed by atoms with van der Waals surface area (Å²) in [5.74, 6) is 1.65. The first-order valence-electron chi connectivity index (χ1n) is 8.37. The van der Waals surface area contributed by atoms with Gasteiger partial charge in [-0.3, -0.25) is 4.79 Å². The molecule has 2 aromatic rings. The van der Waals surface area contributed by atoms with E-state index in [0.717, 1.165) is 31.0 Å². The van der Waals surface area contributed by atoms with Crippen molar-refractivity contribution >= 4 is 11.7 Å². The summed E-state index contributed by atoms with van der Waals surface area (Å²) >= 11 is 0. The molecule has 2 atom stereocenters. The van der Waals surface area contributed by atoms with E-state index in [9.17, 15) is 4.79 Å². The van der Waals surface area contributed by atoms with Crippen molar-refractivity contribution in [3.63, 3.8) is 0 Å². The lowest BCUT2D eigenvalue weighted by molar-refractivity contribution is -0.129. The highest BCUT2D eigenvalue weighted by atomic mass is 16.2. The second-order valence-corrected chi connectivity index (χ2v) is 6.51. The van der Waals surface area contributed by atoms with Crippen LogP contribution in [0.25, 0.3) is 0 Å². The maximum atomic E-state index is 12.2. The van der Waals surface area contributed by atoms with Crippen molar-refractivity contribution in [2.75, 3.05) is 32.5 Å². The molecule has 128 valence electrons. The van der Waals surface area contributed by atoms with Gasteiger partial charge in [0.05, 0.1) is 6.20 Å². The van der Waals surface area contributed by atoms with Crippen LogP contribution in [0.1, 0.15) is 18.0 Å². The van der Waals surface area contributed by atoms with Crippen LogP contribution in [0, 0.1) is 5.92 Å². The first-order valence-corrected chi connectivity index (χ1v) is 8.37. The number of fused-ring (bicyclic) bond motifs is 1. The fraction of sp³-hybridized carbons (Fsp3) is 0.444. The van der Waals surface area contributed by atoms with Gasteiger partial charge in [0.1, 0.15) is 5.82 Å². The number of aromatic nitrogens is 2. The van der Waals surface area contributed by atoms with Crippen molar-refractivity contribution in [1.82, 2.24) is 20.0 Å². The monoisotopic (exact) mass is 327 g/mol. The predicted molar refractivity (Wildman–Crippen MR) is 94.7 cm³/mol. The van der Waals surface area contributed by atoms with Gasteiger partial charge in [0, 0.05) is 58.2 Å². The van der Waals surface area contributed by atoms with Crippen LogP contribution in [0.15, 0.2) is 42.6 Å². The lowest BCUT2D eigenvalue weighted by atomic mass is 10.0. The first-order chi connectivity index (χ1) is 11.6. The number of benzene rings is 1. The molecule has 1 amide bonds. The molecule has 0 radical (unpaired) electrons. The number of anilines is 1. The SMILES string of the molecule is CN(C)C(=O)C[C@@H](NC[C@@H]1CNc2ccnn2C1)c1ccccc1. The number of nitrogens with one attached hydrogen (secondary N) is 2. The summed E-state index contributed by atoms with van der Waals surface area (Å²) in [5, 5.41) is 11.3. The summed E-state index contributed by atoms with van der Waals surface area (Å²) in [5.41, 5.74) is 1.15. The van der Waals surface area contributed by atoms with Gasteiger partial charge in [-0.2, -0.15) is 5.10 Å². The minimum atomic E-state index is 0.0279. The zero-order valence-electron chi connectivity index (χ0n) is 14.3. The van der Waals surface area contributed by atoms with Crippen molar-refractivity contribution in [3.8, 4) is 0 Å². The average molecular weight is 327 g/mol. The van der Waals surface area contributed by atoms with E-state index in [1.54, 1.807) is 19.0 Å². The van der Waals surface area contributed by atoms with Gasteiger partial charge < -0.3 is 15.5 Å². The third-order valence-electron chi connectivity index (χ3n) is 4.45. The minimum absolute atomic E-state index is 0.0279. The van der Waals surface area contributed by atoms with Crippen molar-refractivity contribution in [3.05, 3.63) is 48.2 Å². The Balaban J connectivity index is 1.63. The van der Waals surface area contributed by atoms with Gasteiger partial charge in [-0.25, -0.2) is 4.68 Å². The molecule has 2 heterocycles. The molecular formula is C18H25N5O. The van der Waals surface area contributed by atoms with Crippen molar-refractivity contribution in [1.29, 1.82) is 0 Å². The highest BCUT2D eigenvalue weighted by Crippen LogP contribution is 2.20. The van der Waals surface area contributed by atoms with Crippen LogP contribution in [0.2, 0.25) is 0 Å². The highest BCUT2D eigenvalue weighted by molar-refractivity contribution is 5.76. The lowest BCUT2D eigenvalue weighted by Crippen LogP contribution is -2.38. The summed E-state index contributed by atoms with van der Waals surface area (Å²) in [6, 6.07) is 12.2. The van der Waals surface area contributed by atoms with E-state index < -0.39 is 0 Å². The maximum absolute atomic E-state index is 12.2. The molecule has 2 N–H and O–H groups in total. The van der Waals surface area contributed by atoms with Gasteiger partial charge in [0.2, 0.25) is 5.91 Å². The van der Waals surface area contributed by atoms with E-state index in [1.807, 2.05) is 35.1 Å². The summed E-state index contributed by atoms with van der Waals surface area (Å²) in [4.78, 5) is 13.8. The van der Waals surface area contributed by atoms with Gasteiger partial charge in [0.25, 0.3) is 0 Å². The molecule has 0 saturated heterocycles. The third-order valence-corrected chi connectivity index (χ3v) is 4.45. The van der Waals surface area contributed by atoms with Crippen LogP contribution in [0.3, 0.4) is 0 Å². The van der Waals surface area contributed by atoms with Gasteiger partial charge in [0.15, 0.2) is 0 Å². The van der Waals surface area contributed by atoms with Gasteiger partial charge >= 0.3 is 0 Å². The van der Waals surface area contributed by atoms with E-state index in [-0.39, 0.29) is 11.9 Å². The summed E-state index contributed by atoms with van der Waals surface area (Å²) in [6.07, 6.45) is 2.28. The Kier molecular flexibility index (Phi) is 5.15. The van der Waals surface area contributed by atoms with Crippen molar-refractivity contribution < 1.29 is 4.79 Å². The molecule has 0 saturated carbocycles. The van der Waals surface area contributed by atoms with E-state index in [2.05, 4.69) is 27.9 Å². The van der Waals surface area contributed by atoms with E-state index in [0.29, 0.717) is 12.3 Å². The minimum Gasteiger partial charge on any atom is -0.370 e. The highest BCUT2D eigenvalue weighted by Gasteiger charge is 2.21. The van der Waals surface area contributed by atoms with Crippen LogP contribution in [0.5, 0.6) is 0 Å². The van der Waals surface area contributed by atoms with Gasteiger partial charge in [-0.05, 0) is 5.56 Å². The Hall–Kier alpha value is -2.34. The smallest absolute Gasteiger partial charge is 0.223 e. The number of amides is 1. The van der Waals surface area contributed by atoms with Gasteiger partial charge in [-0.15, -0.1) is 0 Å². The van der Waals surface area contributed by atoms with E-state index in [1.165, 1.54) is 0 Å². The quantitative estimate of drug-likeness (QED) is 0.848. The molecule has 6 nitrogen and oxygen atoms in total. The van der Waals surface area contributed by atoms with Crippen LogP contribution in [-0.4, -0.2) is 47.8 Å². The first kappa shape index (κ1) is 16.5. The molecule has 6 heteroatoms. The van der Waals surface area contributed by atoms with Gasteiger partial charge in [-0.1, -0.05) is 30.3 Å². The van der Waals surface area contributed by atoms with E-state index in [4.69, 9.17) is 0 Å². The normalized spacial score (nSPS) is 17.7. The lowest BCUT2D eigenvalue weighted by Gasteiger charge is -2.28. The summed E-state index contributed by atoms with van der Waals surface area (Å²) in [6.45, 7) is 2.65. The summed E-state index contributed by atoms with van der Waals surface area (Å²) < 4.78 is 2.00. The number of hydrogen-bond acceptors (Lipinski definition) is 4. The number of carbonyl (C=O) groups excluding carboxylic acids is 1. The van der Waals surface area contributed by atoms with Crippen LogP contribution < -0.4 is 10.6 Å². The van der Waals surface area contributed by atoms with Crippen molar-refractivity contribution in [2.45, 2.75) is 19.0 Å². The molecule has 1 aromatic heterocycles. The molecule has 3 rings (SSSR count). The average Bonchev–Trinajstić information content (AvgIpc) is 3.06. The fourth-order valence-electron chi connectivity index (χ4n) is 2.98. The Morgan fingerprint density at radius 3 is 2.92 bits per heavy atom. The number of nitrogens with zero attached hydrogens (tertiary/aromatic N) is 3. The molecule has 0 aliphatic carbocycles. The number of rotatable bonds is 6. The maximum Gasteiger partial charge on any atom is 0.223 e. The molecule has 1 aliphatic rings. The third kappa shape index (κ3) is 3.94. The molecular weight excluding hydrogens is 302 g/mol. The molecule has 1 aromatic carbocycles. The van der Waals surface area contributed by atoms with Crippen LogP contribution in [-0.2, 0) is 11.3 Å². The molecule has 0 unspecified atom stereocenters. The molecule has 0 fully saturated rings. The summed E-state index contributed by atoms with van der Waals surface area (Å²) in [7, 11) is 3.60. The fourth-order valence-corrected chi connectivity index (χ4v) is 2.98. The van der Waals surface area contributed by atoms with Crippen LogP contribution in [0.4, 0.5) is 5.82 Å². The second kappa shape index (κ2) is 7.49. The topological polar surface area (TPSA) is 62.2 Å². The molecule has 1 aliphatic heterocycles. The zero-order chi connectivity index (χ0) is 16.9. The zero-order valence-corrected chi connectivity index (χ0v) is 14.3. The van der Waals surface area contributed by atoms with E-state index >= 15 is 0 Å².